The molecule has 0 saturated carbocycles. The Balaban J connectivity index is 3.14. The normalized spacial score (nSPS) is 14.7. The number of hydrogen-bond donors (Lipinski definition) is 2. The standard InChI is InChI=1S/C12H17NO5S/c1-4-12(2,11(14)15)13-19(16,17)10-7-5-6-9(8-10)18-3/h5-8,13H,4H2,1-3H3,(H,14,15). The number of carbonyl (C=O) groups is 1. The van der Waals surface area contributed by atoms with Crippen molar-refractivity contribution in [3.63, 3.8) is 0 Å². The summed E-state index contributed by atoms with van der Waals surface area (Å²) in [5, 5.41) is 9.09. The number of ether oxygens (including phenoxy) is 1. The first-order valence-corrected chi connectivity index (χ1v) is 7.15. The van der Waals surface area contributed by atoms with E-state index in [4.69, 9.17) is 9.84 Å². The summed E-state index contributed by atoms with van der Waals surface area (Å²) in [5.74, 6) is -0.835. The second-order valence-electron chi connectivity index (χ2n) is 4.28. The highest BCUT2D eigenvalue weighted by molar-refractivity contribution is 7.89. The van der Waals surface area contributed by atoms with Crippen LogP contribution in [0.25, 0.3) is 0 Å². The van der Waals surface area contributed by atoms with Crippen molar-refractivity contribution in [1.82, 2.24) is 4.72 Å². The maximum absolute atomic E-state index is 12.1. The van der Waals surface area contributed by atoms with Gasteiger partial charge in [0.05, 0.1) is 12.0 Å². The maximum Gasteiger partial charge on any atom is 0.324 e. The predicted octanol–water partition coefficient (Wildman–Crippen LogP) is 1.23. The van der Waals surface area contributed by atoms with Gasteiger partial charge in [0.15, 0.2) is 0 Å². The van der Waals surface area contributed by atoms with Crippen molar-refractivity contribution >= 4 is 16.0 Å². The van der Waals surface area contributed by atoms with Gasteiger partial charge in [-0.2, -0.15) is 4.72 Å². The fourth-order valence-corrected chi connectivity index (χ4v) is 2.86. The minimum Gasteiger partial charge on any atom is -0.497 e. The second-order valence-corrected chi connectivity index (χ2v) is 5.96. The molecule has 0 spiro atoms. The smallest absolute Gasteiger partial charge is 0.324 e. The highest BCUT2D eigenvalue weighted by Gasteiger charge is 2.36. The molecular formula is C12H17NO5S. The van der Waals surface area contributed by atoms with Gasteiger partial charge in [-0.3, -0.25) is 4.79 Å². The van der Waals surface area contributed by atoms with E-state index in [-0.39, 0.29) is 11.3 Å². The first-order valence-electron chi connectivity index (χ1n) is 5.66. The lowest BCUT2D eigenvalue weighted by molar-refractivity contribution is -0.143. The summed E-state index contributed by atoms with van der Waals surface area (Å²) < 4.78 is 31.4. The Morgan fingerprint density at radius 3 is 2.58 bits per heavy atom. The summed E-state index contributed by atoms with van der Waals surface area (Å²) in [4.78, 5) is 11.1. The molecule has 0 amide bonds. The summed E-state index contributed by atoms with van der Waals surface area (Å²) in [6.45, 7) is 2.93. The lowest BCUT2D eigenvalue weighted by Gasteiger charge is -2.24. The number of hydrogen-bond acceptors (Lipinski definition) is 4. The average Bonchev–Trinajstić information content (AvgIpc) is 2.38. The van der Waals surface area contributed by atoms with Crippen LogP contribution in [0.5, 0.6) is 5.75 Å². The number of carboxylic acids is 1. The van der Waals surface area contributed by atoms with Crippen LogP contribution in [0.15, 0.2) is 29.2 Å². The molecule has 1 unspecified atom stereocenters. The molecular weight excluding hydrogens is 270 g/mol. The highest BCUT2D eigenvalue weighted by atomic mass is 32.2. The molecule has 1 aromatic rings. The van der Waals surface area contributed by atoms with Gasteiger partial charge in [-0.25, -0.2) is 8.42 Å². The highest BCUT2D eigenvalue weighted by Crippen LogP contribution is 2.20. The molecule has 106 valence electrons. The number of nitrogens with one attached hydrogen (secondary N) is 1. The van der Waals surface area contributed by atoms with Crippen LogP contribution < -0.4 is 9.46 Å². The molecule has 0 aliphatic heterocycles. The van der Waals surface area contributed by atoms with Crippen LogP contribution in [0, 0.1) is 0 Å². The summed E-state index contributed by atoms with van der Waals surface area (Å²) in [5.41, 5.74) is -1.54. The molecule has 19 heavy (non-hydrogen) atoms. The van der Waals surface area contributed by atoms with Crippen molar-refractivity contribution in [2.75, 3.05) is 7.11 Å². The topological polar surface area (TPSA) is 92.7 Å². The van der Waals surface area contributed by atoms with Crippen LogP contribution >= 0.6 is 0 Å². The molecule has 0 aliphatic rings. The number of carboxylic acid groups (broad SMARTS) is 1. The SMILES string of the molecule is CCC(C)(NS(=O)(=O)c1cccc(OC)c1)C(=O)O. The number of sulfonamides is 1. The van der Waals surface area contributed by atoms with E-state index in [1.807, 2.05) is 0 Å². The lowest BCUT2D eigenvalue weighted by atomic mass is 10.0. The van der Waals surface area contributed by atoms with Crippen molar-refractivity contribution < 1.29 is 23.1 Å². The largest absolute Gasteiger partial charge is 0.497 e. The molecule has 0 fully saturated rings. The van der Waals surface area contributed by atoms with Gasteiger partial charge in [0.1, 0.15) is 11.3 Å². The zero-order chi connectivity index (χ0) is 14.7. The van der Waals surface area contributed by atoms with E-state index in [1.165, 1.54) is 32.2 Å². The first-order chi connectivity index (χ1) is 8.75. The van der Waals surface area contributed by atoms with E-state index in [2.05, 4.69) is 4.72 Å². The molecule has 0 aliphatic carbocycles. The second kappa shape index (κ2) is 5.58. The van der Waals surface area contributed by atoms with E-state index in [1.54, 1.807) is 13.0 Å². The van der Waals surface area contributed by atoms with E-state index in [0.29, 0.717) is 5.75 Å². The van der Waals surface area contributed by atoms with Crippen LogP contribution in [0.4, 0.5) is 0 Å². The Morgan fingerprint density at radius 2 is 2.11 bits per heavy atom. The van der Waals surface area contributed by atoms with Crippen molar-refractivity contribution in [2.45, 2.75) is 30.7 Å². The Bertz CT molecular complexity index is 569. The monoisotopic (exact) mass is 287 g/mol. The van der Waals surface area contributed by atoms with E-state index in [0.717, 1.165) is 0 Å². The molecule has 1 atom stereocenters. The number of benzene rings is 1. The Kier molecular flexibility index (Phi) is 4.54. The van der Waals surface area contributed by atoms with Gasteiger partial charge in [-0.1, -0.05) is 13.0 Å². The third-order valence-electron chi connectivity index (χ3n) is 2.89. The molecule has 0 bridgehead atoms. The molecule has 0 saturated heterocycles. The molecule has 1 aromatic carbocycles. The van der Waals surface area contributed by atoms with Crippen molar-refractivity contribution in [3.05, 3.63) is 24.3 Å². The van der Waals surface area contributed by atoms with Gasteiger partial charge in [0.25, 0.3) is 0 Å². The van der Waals surface area contributed by atoms with Crippen LogP contribution in [-0.2, 0) is 14.8 Å². The summed E-state index contributed by atoms with van der Waals surface area (Å²) in [6, 6.07) is 5.84. The Labute approximate surface area is 112 Å². The quantitative estimate of drug-likeness (QED) is 0.820. The van der Waals surface area contributed by atoms with E-state index < -0.39 is 21.5 Å². The molecule has 2 N–H and O–H groups in total. The van der Waals surface area contributed by atoms with Crippen LogP contribution in [-0.4, -0.2) is 32.1 Å². The summed E-state index contributed by atoms with van der Waals surface area (Å²) in [7, 11) is -2.50. The molecule has 0 aromatic heterocycles. The van der Waals surface area contributed by atoms with E-state index in [9.17, 15) is 13.2 Å². The van der Waals surface area contributed by atoms with Gasteiger partial charge in [-0.05, 0) is 25.5 Å². The summed E-state index contributed by atoms with van der Waals surface area (Å²) in [6.07, 6.45) is 0.130. The molecule has 0 radical (unpaired) electrons. The van der Waals surface area contributed by atoms with Gasteiger partial charge >= 0.3 is 5.97 Å². The van der Waals surface area contributed by atoms with Gasteiger partial charge in [-0.15, -0.1) is 0 Å². The van der Waals surface area contributed by atoms with Crippen molar-refractivity contribution in [1.29, 1.82) is 0 Å². The zero-order valence-corrected chi connectivity index (χ0v) is 11.8. The molecule has 6 nitrogen and oxygen atoms in total. The molecule has 7 heteroatoms. The summed E-state index contributed by atoms with van der Waals surface area (Å²) >= 11 is 0. The van der Waals surface area contributed by atoms with Gasteiger partial charge < -0.3 is 9.84 Å². The number of aliphatic carboxylic acids is 1. The fourth-order valence-electron chi connectivity index (χ4n) is 1.39. The zero-order valence-electron chi connectivity index (χ0n) is 11.0. The predicted molar refractivity (Wildman–Crippen MR) is 69.6 cm³/mol. The molecule has 0 heterocycles. The third kappa shape index (κ3) is 3.45. The van der Waals surface area contributed by atoms with Crippen LogP contribution in [0.1, 0.15) is 20.3 Å². The fraction of sp³-hybridized carbons (Fsp3) is 0.417. The lowest BCUT2D eigenvalue weighted by Crippen LogP contribution is -2.51. The number of rotatable bonds is 6. The Morgan fingerprint density at radius 1 is 1.47 bits per heavy atom. The maximum atomic E-state index is 12.1. The minimum absolute atomic E-state index is 0.0345. The van der Waals surface area contributed by atoms with Crippen LogP contribution in [0.2, 0.25) is 0 Å². The Hall–Kier alpha value is -1.60. The first kappa shape index (κ1) is 15.5. The molecule has 1 rings (SSSR count). The van der Waals surface area contributed by atoms with Crippen LogP contribution in [0.3, 0.4) is 0 Å². The van der Waals surface area contributed by atoms with Crippen molar-refractivity contribution in [2.24, 2.45) is 0 Å². The minimum atomic E-state index is -3.92. The van der Waals surface area contributed by atoms with Crippen molar-refractivity contribution in [3.8, 4) is 5.75 Å². The third-order valence-corrected chi connectivity index (χ3v) is 4.48. The van der Waals surface area contributed by atoms with E-state index >= 15 is 0 Å². The van der Waals surface area contributed by atoms with Gasteiger partial charge in [0.2, 0.25) is 10.0 Å². The van der Waals surface area contributed by atoms with Gasteiger partial charge in [0, 0.05) is 6.07 Å². The number of methoxy groups -OCH3 is 1. The average molecular weight is 287 g/mol.